The maximum atomic E-state index is 13.0. The first-order chi connectivity index (χ1) is 29.8. The van der Waals surface area contributed by atoms with Crippen molar-refractivity contribution < 1.29 is 39.8 Å². The van der Waals surface area contributed by atoms with Crippen LogP contribution in [0.5, 0.6) is 0 Å². The van der Waals surface area contributed by atoms with Gasteiger partial charge in [-0.25, -0.2) is 0 Å². The van der Waals surface area contributed by atoms with Crippen molar-refractivity contribution in [3.05, 3.63) is 72.9 Å². The Morgan fingerprint density at radius 1 is 0.574 bits per heavy atom. The first kappa shape index (κ1) is 56.6. The average Bonchev–Trinajstić information content (AvgIpc) is 3.26. The van der Waals surface area contributed by atoms with Crippen LogP contribution in [0.2, 0.25) is 0 Å². The fourth-order valence-corrected chi connectivity index (χ4v) is 7.32. The van der Waals surface area contributed by atoms with Gasteiger partial charge in [0.2, 0.25) is 5.91 Å². The lowest BCUT2D eigenvalue weighted by Crippen LogP contribution is -2.60. The van der Waals surface area contributed by atoms with Gasteiger partial charge in [-0.1, -0.05) is 183 Å². The number of carbonyl (C=O) groups excluding carboxylic acids is 1. The third-order valence-corrected chi connectivity index (χ3v) is 11.2. The minimum atomic E-state index is -1.58. The van der Waals surface area contributed by atoms with E-state index in [2.05, 4.69) is 79.9 Å². The van der Waals surface area contributed by atoms with Crippen molar-refractivity contribution in [3.63, 3.8) is 0 Å². The van der Waals surface area contributed by atoms with Gasteiger partial charge >= 0.3 is 0 Å². The Bertz CT molecular complexity index is 1180. The molecule has 9 heteroatoms. The minimum Gasteiger partial charge on any atom is -0.394 e. The molecule has 0 spiro atoms. The van der Waals surface area contributed by atoms with Gasteiger partial charge < -0.3 is 40.3 Å². The van der Waals surface area contributed by atoms with Crippen LogP contribution in [0, 0.1) is 0 Å². The number of hydrogen-bond acceptors (Lipinski definition) is 8. The third kappa shape index (κ3) is 32.0. The first-order valence-corrected chi connectivity index (χ1v) is 24.7. The number of nitrogens with one attached hydrogen (secondary N) is 1. The van der Waals surface area contributed by atoms with Gasteiger partial charge in [0.1, 0.15) is 24.4 Å². The van der Waals surface area contributed by atoms with Gasteiger partial charge in [-0.3, -0.25) is 4.79 Å². The van der Waals surface area contributed by atoms with E-state index in [1.807, 2.05) is 6.08 Å². The summed E-state index contributed by atoms with van der Waals surface area (Å²) in [5.74, 6) is -0.204. The van der Waals surface area contributed by atoms with E-state index in [0.29, 0.717) is 6.42 Å². The molecule has 6 N–H and O–H groups in total. The fourth-order valence-electron chi connectivity index (χ4n) is 7.32. The average molecular weight is 858 g/mol. The second kappa shape index (κ2) is 41.6. The van der Waals surface area contributed by atoms with E-state index in [1.165, 1.54) is 96.3 Å². The Morgan fingerprint density at radius 3 is 1.57 bits per heavy atom. The van der Waals surface area contributed by atoms with Crippen LogP contribution in [0.25, 0.3) is 0 Å². The molecule has 1 heterocycles. The van der Waals surface area contributed by atoms with Crippen LogP contribution in [-0.2, 0) is 14.3 Å². The van der Waals surface area contributed by atoms with Crippen LogP contribution in [0.15, 0.2) is 72.9 Å². The van der Waals surface area contributed by atoms with Gasteiger partial charge in [-0.15, -0.1) is 0 Å². The number of carbonyl (C=O) groups is 1. The highest BCUT2D eigenvalue weighted by atomic mass is 16.7. The molecule has 1 amide bonds. The standard InChI is InChI=1S/C52H91NO8/c1-3-5-7-9-11-13-15-17-19-21-22-23-24-26-27-29-31-33-35-37-39-41-46(55)45(44-60-52-51(59)50(58)49(57)47(43-54)61-52)53-48(56)42-40-38-36-34-32-30-28-25-20-18-16-14-12-10-8-6-4-2/h6,8,12,14,18,20,24,26,31,33,39,41,45-47,49-52,54-55,57-59H,3-5,7,9-11,13,15-17,19,21-23,25,27-30,32,34-38,40,42-44H2,1-2H3,(H,53,56)/b8-6-,14-12-,20-18-,26-24+,33-31+,41-39+. The van der Waals surface area contributed by atoms with Gasteiger partial charge in [0.25, 0.3) is 0 Å². The van der Waals surface area contributed by atoms with Crippen LogP contribution in [0.1, 0.15) is 194 Å². The summed E-state index contributed by atoms with van der Waals surface area (Å²) in [6, 6.07) is -0.837. The predicted molar refractivity (Wildman–Crippen MR) is 253 cm³/mol. The normalized spacial score (nSPS) is 21.1. The van der Waals surface area contributed by atoms with Gasteiger partial charge in [0, 0.05) is 6.42 Å². The topological polar surface area (TPSA) is 149 Å². The first-order valence-electron chi connectivity index (χ1n) is 24.7. The molecule has 352 valence electrons. The number of hydrogen-bond donors (Lipinski definition) is 6. The van der Waals surface area contributed by atoms with Crippen LogP contribution in [-0.4, -0.2) is 87.5 Å². The molecule has 7 unspecified atom stereocenters. The zero-order chi connectivity index (χ0) is 44.4. The highest BCUT2D eigenvalue weighted by Gasteiger charge is 2.44. The lowest BCUT2D eigenvalue weighted by Gasteiger charge is -2.40. The predicted octanol–water partition coefficient (Wildman–Crippen LogP) is 10.9. The van der Waals surface area contributed by atoms with Crippen molar-refractivity contribution in [1.29, 1.82) is 0 Å². The number of aliphatic hydroxyl groups is 5. The molecule has 61 heavy (non-hydrogen) atoms. The van der Waals surface area contributed by atoms with Crippen LogP contribution in [0.3, 0.4) is 0 Å². The second-order valence-electron chi connectivity index (χ2n) is 16.9. The zero-order valence-corrected chi connectivity index (χ0v) is 38.6. The van der Waals surface area contributed by atoms with Gasteiger partial charge in [-0.05, 0) is 77.0 Å². The third-order valence-electron chi connectivity index (χ3n) is 11.2. The molecule has 1 rings (SSSR count). The molecule has 1 aliphatic rings. The molecule has 0 aliphatic carbocycles. The molecule has 7 atom stereocenters. The minimum absolute atomic E-state index is 0.204. The second-order valence-corrected chi connectivity index (χ2v) is 16.9. The number of aliphatic hydroxyl groups excluding tert-OH is 5. The van der Waals surface area contributed by atoms with E-state index in [-0.39, 0.29) is 12.5 Å². The Balaban J connectivity index is 2.37. The lowest BCUT2D eigenvalue weighted by molar-refractivity contribution is -0.302. The van der Waals surface area contributed by atoms with Crippen molar-refractivity contribution in [2.75, 3.05) is 13.2 Å². The van der Waals surface area contributed by atoms with Crippen molar-refractivity contribution in [2.24, 2.45) is 0 Å². The van der Waals surface area contributed by atoms with Gasteiger partial charge in [-0.2, -0.15) is 0 Å². The summed E-state index contributed by atoms with van der Waals surface area (Å²) < 4.78 is 11.2. The van der Waals surface area contributed by atoms with Crippen LogP contribution in [0.4, 0.5) is 0 Å². The summed E-state index contributed by atoms with van der Waals surface area (Å²) in [5, 5.41) is 54.3. The van der Waals surface area contributed by atoms with E-state index in [9.17, 15) is 30.3 Å². The van der Waals surface area contributed by atoms with Crippen molar-refractivity contribution in [3.8, 4) is 0 Å². The molecule has 0 bridgehead atoms. The molecular weight excluding hydrogens is 767 g/mol. The monoisotopic (exact) mass is 858 g/mol. The van der Waals surface area contributed by atoms with Crippen molar-refractivity contribution >= 4 is 5.91 Å². The highest BCUT2D eigenvalue weighted by Crippen LogP contribution is 2.22. The molecule has 0 radical (unpaired) electrons. The highest BCUT2D eigenvalue weighted by molar-refractivity contribution is 5.76. The molecule has 0 aromatic carbocycles. The summed E-state index contributed by atoms with van der Waals surface area (Å²) in [7, 11) is 0. The molecule has 1 fully saturated rings. The van der Waals surface area contributed by atoms with E-state index >= 15 is 0 Å². The summed E-state index contributed by atoms with van der Waals surface area (Å²) in [6.07, 6.45) is 49.5. The smallest absolute Gasteiger partial charge is 0.220 e. The zero-order valence-electron chi connectivity index (χ0n) is 38.6. The number of ether oxygens (including phenoxy) is 2. The quantitative estimate of drug-likeness (QED) is 0.0264. The summed E-state index contributed by atoms with van der Waals surface area (Å²) in [4.78, 5) is 13.0. The van der Waals surface area contributed by atoms with Crippen LogP contribution >= 0.6 is 0 Å². The molecule has 0 aromatic rings. The maximum absolute atomic E-state index is 13.0. The molecule has 1 aliphatic heterocycles. The maximum Gasteiger partial charge on any atom is 0.220 e. The summed E-state index contributed by atoms with van der Waals surface area (Å²) in [6.45, 7) is 3.63. The van der Waals surface area contributed by atoms with E-state index in [1.54, 1.807) is 6.08 Å². The molecular formula is C52H91NO8. The van der Waals surface area contributed by atoms with Crippen LogP contribution < -0.4 is 5.32 Å². The van der Waals surface area contributed by atoms with E-state index in [0.717, 1.165) is 77.0 Å². The van der Waals surface area contributed by atoms with Gasteiger partial charge in [0.05, 0.1) is 25.4 Å². The number of unbranched alkanes of at least 4 members (excludes halogenated alkanes) is 20. The molecule has 1 saturated heterocycles. The Hall–Kier alpha value is -2.37. The number of amides is 1. The Kier molecular flexibility index (Phi) is 38.7. The van der Waals surface area contributed by atoms with Gasteiger partial charge in [0.15, 0.2) is 6.29 Å². The summed E-state index contributed by atoms with van der Waals surface area (Å²) in [5.41, 5.74) is 0. The number of rotatable bonds is 40. The van der Waals surface area contributed by atoms with E-state index < -0.39 is 49.5 Å². The lowest BCUT2D eigenvalue weighted by atomic mass is 9.99. The molecule has 0 aromatic heterocycles. The summed E-state index contributed by atoms with van der Waals surface area (Å²) >= 11 is 0. The number of allylic oxidation sites excluding steroid dienone is 11. The Morgan fingerprint density at radius 2 is 1.03 bits per heavy atom. The SMILES string of the molecule is CC/C=C\C/C=C\C/C=C\CCCCCCCCCC(=O)NC(COC1OC(CO)C(O)C(O)C1O)C(O)/C=C/CC/C=C/CC/C=C/CCCCCCCCCCCCC. The largest absolute Gasteiger partial charge is 0.394 e. The van der Waals surface area contributed by atoms with Crippen molar-refractivity contribution in [2.45, 2.75) is 236 Å². The molecule has 9 nitrogen and oxygen atoms in total. The van der Waals surface area contributed by atoms with E-state index in [4.69, 9.17) is 9.47 Å². The molecule has 0 saturated carbocycles. The van der Waals surface area contributed by atoms with Crippen molar-refractivity contribution in [1.82, 2.24) is 5.32 Å². The Labute approximate surface area is 372 Å². The fraction of sp³-hybridized carbons (Fsp3) is 0.750.